The summed E-state index contributed by atoms with van der Waals surface area (Å²) in [5.74, 6) is 0.0441. The first-order chi connectivity index (χ1) is 13.1. The maximum Gasteiger partial charge on any atom is 0.416 e. The fourth-order valence-electron chi connectivity index (χ4n) is 2.97. The van der Waals surface area contributed by atoms with Crippen LogP contribution in [-0.2, 0) is 6.18 Å². The smallest absolute Gasteiger partial charge is 0.345 e. The number of anilines is 2. The summed E-state index contributed by atoms with van der Waals surface area (Å²) < 4.78 is 39.6. The van der Waals surface area contributed by atoms with Gasteiger partial charge in [0.25, 0.3) is 5.91 Å². The Hall–Kier alpha value is -2.80. The molecular formula is C20H17ClF3N3O. The van der Waals surface area contributed by atoms with Gasteiger partial charge in [0.15, 0.2) is 0 Å². The van der Waals surface area contributed by atoms with E-state index in [0.29, 0.717) is 27.2 Å². The van der Waals surface area contributed by atoms with Gasteiger partial charge in [0.1, 0.15) is 5.82 Å². The fourth-order valence-corrected chi connectivity index (χ4v) is 3.24. The molecule has 0 fully saturated rings. The maximum absolute atomic E-state index is 13.2. The molecule has 146 valence electrons. The molecule has 2 aromatic carbocycles. The van der Waals surface area contributed by atoms with Crippen molar-refractivity contribution in [2.45, 2.75) is 13.1 Å². The van der Waals surface area contributed by atoms with Crippen LogP contribution in [0.5, 0.6) is 0 Å². The van der Waals surface area contributed by atoms with Crippen molar-refractivity contribution in [1.29, 1.82) is 0 Å². The van der Waals surface area contributed by atoms with Crippen molar-refractivity contribution >= 4 is 39.8 Å². The van der Waals surface area contributed by atoms with Crippen molar-refractivity contribution in [2.75, 3.05) is 19.4 Å². The number of nitrogens with one attached hydrogen (secondary N) is 1. The molecular weight excluding hydrogens is 391 g/mol. The summed E-state index contributed by atoms with van der Waals surface area (Å²) in [5, 5.41) is 4.34. The number of halogens is 4. The van der Waals surface area contributed by atoms with Gasteiger partial charge in [-0.1, -0.05) is 29.8 Å². The van der Waals surface area contributed by atoms with E-state index in [0.717, 1.165) is 6.07 Å². The van der Waals surface area contributed by atoms with Crippen molar-refractivity contribution in [3.8, 4) is 0 Å². The molecule has 1 N–H and O–H groups in total. The number of benzene rings is 2. The van der Waals surface area contributed by atoms with Crippen LogP contribution in [0.25, 0.3) is 10.8 Å². The molecule has 1 aromatic heterocycles. The minimum absolute atomic E-state index is 0.0559. The zero-order valence-electron chi connectivity index (χ0n) is 15.4. The van der Waals surface area contributed by atoms with E-state index in [4.69, 9.17) is 11.6 Å². The van der Waals surface area contributed by atoms with Gasteiger partial charge < -0.3 is 10.2 Å². The second-order valence-corrected chi connectivity index (χ2v) is 6.89. The molecule has 4 nitrogen and oxygen atoms in total. The molecule has 0 aliphatic rings. The van der Waals surface area contributed by atoms with E-state index < -0.39 is 11.7 Å². The van der Waals surface area contributed by atoms with Crippen molar-refractivity contribution in [3.05, 3.63) is 64.3 Å². The Balaban J connectivity index is 2.16. The van der Waals surface area contributed by atoms with E-state index >= 15 is 0 Å². The molecule has 28 heavy (non-hydrogen) atoms. The van der Waals surface area contributed by atoms with Gasteiger partial charge in [-0.3, -0.25) is 4.79 Å². The summed E-state index contributed by atoms with van der Waals surface area (Å²) in [6.45, 7) is 1.39. The second-order valence-electron chi connectivity index (χ2n) is 6.48. The zero-order chi connectivity index (χ0) is 20.6. The summed E-state index contributed by atoms with van der Waals surface area (Å²) in [6.07, 6.45) is -3.08. The average Bonchev–Trinajstić information content (AvgIpc) is 2.62. The third-order valence-corrected chi connectivity index (χ3v) is 4.70. The number of pyridine rings is 1. The Morgan fingerprint density at radius 2 is 1.82 bits per heavy atom. The third kappa shape index (κ3) is 3.62. The van der Waals surface area contributed by atoms with Crippen LogP contribution in [0.4, 0.5) is 24.7 Å². The van der Waals surface area contributed by atoms with Gasteiger partial charge >= 0.3 is 6.18 Å². The number of hydrogen-bond acceptors (Lipinski definition) is 3. The van der Waals surface area contributed by atoms with E-state index in [1.807, 2.05) is 0 Å². The van der Waals surface area contributed by atoms with Crippen LogP contribution in [0.3, 0.4) is 0 Å². The molecule has 0 aliphatic heterocycles. The molecule has 0 radical (unpaired) electrons. The molecule has 3 aromatic rings. The summed E-state index contributed by atoms with van der Waals surface area (Å²) >= 11 is 6.33. The number of amides is 1. The quantitative estimate of drug-likeness (QED) is 0.609. The van der Waals surface area contributed by atoms with Crippen molar-refractivity contribution in [1.82, 2.24) is 9.88 Å². The first kappa shape index (κ1) is 19.9. The Morgan fingerprint density at radius 1 is 1.14 bits per heavy atom. The van der Waals surface area contributed by atoms with Crippen LogP contribution in [0, 0.1) is 6.92 Å². The van der Waals surface area contributed by atoms with Gasteiger partial charge in [0, 0.05) is 41.8 Å². The number of aromatic nitrogens is 1. The lowest BCUT2D eigenvalue weighted by molar-refractivity contribution is -0.138. The highest BCUT2D eigenvalue weighted by atomic mass is 35.5. The number of nitrogens with zero attached hydrogens (tertiary/aromatic N) is 2. The van der Waals surface area contributed by atoms with Gasteiger partial charge in [-0.2, -0.15) is 13.2 Å². The molecule has 1 amide bonds. The second kappa shape index (κ2) is 7.31. The number of rotatable bonds is 3. The van der Waals surface area contributed by atoms with Crippen LogP contribution in [0.1, 0.15) is 21.5 Å². The van der Waals surface area contributed by atoms with Crippen LogP contribution < -0.4 is 5.32 Å². The van der Waals surface area contributed by atoms with Crippen molar-refractivity contribution < 1.29 is 18.0 Å². The van der Waals surface area contributed by atoms with Gasteiger partial charge in [-0.05, 0) is 30.7 Å². The van der Waals surface area contributed by atoms with E-state index in [1.165, 1.54) is 24.1 Å². The van der Waals surface area contributed by atoms with Gasteiger partial charge in [-0.15, -0.1) is 0 Å². The Morgan fingerprint density at radius 3 is 2.46 bits per heavy atom. The Kier molecular flexibility index (Phi) is 5.21. The minimum atomic E-state index is -4.46. The molecule has 0 unspecified atom stereocenters. The van der Waals surface area contributed by atoms with E-state index in [-0.39, 0.29) is 17.2 Å². The van der Waals surface area contributed by atoms with Crippen LogP contribution in [0.2, 0.25) is 5.02 Å². The minimum Gasteiger partial charge on any atom is -0.345 e. The summed E-state index contributed by atoms with van der Waals surface area (Å²) in [6, 6.07) is 8.96. The maximum atomic E-state index is 13.2. The number of carbonyl (C=O) groups excluding carboxylic acids is 1. The topological polar surface area (TPSA) is 45.2 Å². The highest BCUT2D eigenvalue weighted by Crippen LogP contribution is 2.37. The molecule has 0 bridgehead atoms. The van der Waals surface area contributed by atoms with E-state index in [9.17, 15) is 18.0 Å². The SMILES string of the molecule is Cc1c(Nc2ncc(C(=O)N(C)C)c3c(Cl)cccc23)cccc1C(F)(F)F. The zero-order valence-corrected chi connectivity index (χ0v) is 16.1. The lowest BCUT2D eigenvalue weighted by Gasteiger charge is -2.18. The average molecular weight is 408 g/mol. The molecule has 0 saturated carbocycles. The van der Waals surface area contributed by atoms with Crippen LogP contribution >= 0.6 is 11.6 Å². The fraction of sp³-hybridized carbons (Fsp3) is 0.200. The standard InChI is InChI=1S/C20H17ClF3N3O/c1-11-14(20(22,23)24)7-5-9-16(11)26-18-12-6-4-8-15(21)17(12)13(10-25-18)19(28)27(2)3/h4-10H,1-3H3,(H,25,26). The normalized spacial score (nSPS) is 11.5. The summed E-state index contributed by atoms with van der Waals surface area (Å²) in [7, 11) is 3.23. The highest BCUT2D eigenvalue weighted by molar-refractivity contribution is 6.37. The number of alkyl halides is 3. The number of hydrogen-bond donors (Lipinski definition) is 1. The largest absolute Gasteiger partial charge is 0.416 e. The van der Waals surface area contributed by atoms with E-state index in [2.05, 4.69) is 10.3 Å². The lowest BCUT2D eigenvalue weighted by Crippen LogP contribution is -2.22. The number of carbonyl (C=O) groups is 1. The van der Waals surface area contributed by atoms with Crippen molar-refractivity contribution in [2.24, 2.45) is 0 Å². The Labute approximate surface area is 164 Å². The third-order valence-electron chi connectivity index (χ3n) is 4.39. The van der Waals surface area contributed by atoms with Crippen molar-refractivity contribution in [3.63, 3.8) is 0 Å². The van der Waals surface area contributed by atoms with Crippen LogP contribution in [0.15, 0.2) is 42.6 Å². The predicted molar refractivity (Wildman–Crippen MR) is 104 cm³/mol. The van der Waals surface area contributed by atoms with Gasteiger partial charge in [-0.25, -0.2) is 4.98 Å². The first-order valence-corrected chi connectivity index (χ1v) is 8.71. The van der Waals surface area contributed by atoms with Crippen LogP contribution in [-0.4, -0.2) is 29.9 Å². The molecule has 0 atom stereocenters. The summed E-state index contributed by atoms with van der Waals surface area (Å²) in [4.78, 5) is 18.2. The molecule has 0 saturated heterocycles. The number of fused-ring (bicyclic) bond motifs is 1. The Bertz CT molecular complexity index is 1060. The molecule has 8 heteroatoms. The summed E-state index contributed by atoms with van der Waals surface area (Å²) in [5.41, 5.74) is -0.0770. The molecule has 1 heterocycles. The highest BCUT2D eigenvalue weighted by Gasteiger charge is 2.33. The van der Waals surface area contributed by atoms with E-state index in [1.54, 1.807) is 38.4 Å². The predicted octanol–water partition coefficient (Wildman–Crippen LogP) is 5.66. The van der Waals surface area contributed by atoms with Gasteiger partial charge in [0.2, 0.25) is 0 Å². The molecule has 0 spiro atoms. The molecule has 3 rings (SSSR count). The van der Waals surface area contributed by atoms with Gasteiger partial charge in [0.05, 0.1) is 11.1 Å². The first-order valence-electron chi connectivity index (χ1n) is 8.34. The molecule has 0 aliphatic carbocycles. The monoisotopic (exact) mass is 407 g/mol. The lowest BCUT2D eigenvalue weighted by atomic mass is 10.0.